The predicted molar refractivity (Wildman–Crippen MR) is 130 cm³/mol. The lowest BCUT2D eigenvalue weighted by molar-refractivity contribution is 0.0601. The number of hydrogen-bond donors (Lipinski definition) is 0. The Morgan fingerprint density at radius 2 is 1.94 bits per heavy atom. The Labute approximate surface area is 198 Å². The molecule has 0 spiro atoms. The first-order valence-corrected chi connectivity index (χ1v) is 11.7. The highest BCUT2D eigenvalue weighted by molar-refractivity contribution is 5.94. The van der Waals surface area contributed by atoms with Crippen molar-refractivity contribution in [2.45, 2.75) is 58.7 Å². The van der Waals surface area contributed by atoms with Crippen LogP contribution >= 0.6 is 0 Å². The summed E-state index contributed by atoms with van der Waals surface area (Å²) >= 11 is 0. The van der Waals surface area contributed by atoms with Crippen LogP contribution in [0.1, 0.15) is 55.6 Å². The summed E-state index contributed by atoms with van der Waals surface area (Å²) in [7, 11) is 1.38. The number of benzene rings is 1. The molecule has 2 atom stereocenters. The van der Waals surface area contributed by atoms with Gasteiger partial charge in [0.1, 0.15) is 17.9 Å². The first-order valence-electron chi connectivity index (χ1n) is 11.7. The van der Waals surface area contributed by atoms with Crippen LogP contribution in [0.3, 0.4) is 0 Å². The number of rotatable bonds is 6. The van der Waals surface area contributed by atoms with Crippen molar-refractivity contribution < 1.29 is 13.9 Å². The standard InChI is InChI=1S/C26H29N5O3/c1-5-24-28-20(15-34-24)14-30-22-10-8-18(26(32)33-4)12-21(22)29-25(30)19-9-11-23(27-13-19)31-16(2)6-7-17(31)3/h8-13,15-17H,5-7,14H2,1-4H3/t16-,17-/m0/s1. The average Bonchev–Trinajstić information content (AvgIpc) is 3.56. The molecule has 0 unspecified atom stereocenters. The molecule has 176 valence electrons. The number of carbonyl (C=O) groups excluding carboxylic acids is 1. The van der Waals surface area contributed by atoms with Crippen molar-refractivity contribution in [3.05, 3.63) is 59.9 Å². The van der Waals surface area contributed by atoms with Crippen LogP contribution < -0.4 is 4.90 Å². The highest BCUT2D eigenvalue weighted by atomic mass is 16.5. The van der Waals surface area contributed by atoms with Gasteiger partial charge in [-0.25, -0.2) is 19.7 Å². The Kier molecular flexibility index (Phi) is 5.81. The van der Waals surface area contributed by atoms with Gasteiger partial charge in [-0.2, -0.15) is 0 Å². The molecule has 4 heterocycles. The van der Waals surface area contributed by atoms with Crippen molar-refractivity contribution in [3.63, 3.8) is 0 Å². The van der Waals surface area contributed by atoms with Crippen LogP contribution in [-0.2, 0) is 17.7 Å². The van der Waals surface area contributed by atoms with E-state index in [0.717, 1.165) is 34.8 Å². The number of methoxy groups -OCH3 is 1. The number of anilines is 1. The summed E-state index contributed by atoms with van der Waals surface area (Å²) in [6, 6.07) is 10.5. The zero-order chi connectivity index (χ0) is 23.8. The van der Waals surface area contributed by atoms with Crippen molar-refractivity contribution >= 4 is 22.8 Å². The molecular weight excluding hydrogens is 430 g/mol. The molecule has 8 heteroatoms. The first-order chi connectivity index (χ1) is 16.5. The van der Waals surface area contributed by atoms with Crippen LogP contribution in [0, 0.1) is 0 Å². The topological polar surface area (TPSA) is 86.3 Å². The van der Waals surface area contributed by atoms with E-state index < -0.39 is 0 Å². The minimum absolute atomic E-state index is 0.387. The summed E-state index contributed by atoms with van der Waals surface area (Å²) in [6.45, 7) is 7.01. The van der Waals surface area contributed by atoms with Gasteiger partial charge in [-0.05, 0) is 57.0 Å². The van der Waals surface area contributed by atoms with Crippen LogP contribution in [0.15, 0.2) is 47.2 Å². The molecule has 1 saturated heterocycles. The summed E-state index contributed by atoms with van der Waals surface area (Å²) in [6.07, 6.45) is 6.67. The maximum absolute atomic E-state index is 12.1. The number of carbonyl (C=O) groups is 1. The van der Waals surface area contributed by atoms with Gasteiger partial charge < -0.3 is 18.6 Å². The molecule has 1 fully saturated rings. The van der Waals surface area contributed by atoms with Gasteiger partial charge in [-0.15, -0.1) is 0 Å². The monoisotopic (exact) mass is 459 g/mol. The fraction of sp³-hybridized carbons (Fsp3) is 0.385. The molecule has 0 N–H and O–H groups in total. The van der Waals surface area contributed by atoms with Gasteiger partial charge in [-0.1, -0.05) is 6.92 Å². The van der Waals surface area contributed by atoms with Crippen LogP contribution in [0.4, 0.5) is 5.82 Å². The molecule has 1 aliphatic heterocycles. The van der Waals surface area contributed by atoms with Gasteiger partial charge in [-0.3, -0.25) is 0 Å². The number of nitrogens with zero attached hydrogens (tertiary/aromatic N) is 5. The predicted octanol–water partition coefficient (Wildman–Crippen LogP) is 4.86. The van der Waals surface area contributed by atoms with Gasteiger partial charge >= 0.3 is 5.97 Å². The van der Waals surface area contributed by atoms with E-state index in [4.69, 9.17) is 19.1 Å². The number of aromatic nitrogens is 4. The van der Waals surface area contributed by atoms with Crippen LogP contribution in [0.5, 0.6) is 0 Å². The number of hydrogen-bond acceptors (Lipinski definition) is 7. The average molecular weight is 460 g/mol. The van der Waals surface area contributed by atoms with Crippen molar-refractivity contribution in [1.29, 1.82) is 0 Å². The Bertz CT molecular complexity index is 1310. The summed E-state index contributed by atoms with van der Waals surface area (Å²) in [4.78, 5) is 28.7. The fourth-order valence-corrected chi connectivity index (χ4v) is 4.82. The molecule has 0 radical (unpaired) electrons. The highest BCUT2D eigenvalue weighted by Crippen LogP contribution is 2.31. The number of pyridine rings is 1. The second-order valence-corrected chi connectivity index (χ2v) is 8.89. The van der Waals surface area contributed by atoms with E-state index >= 15 is 0 Å². The second-order valence-electron chi connectivity index (χ2n) is 8.89. The molecule has 0 aliphatic carbocycles. The number of aryl methyl sites for hydroxylation is 1. The molecule has 34 heavy (non-hydrogen) atoms. The van der Waals surface area contributed by atoms with Crippen molar-refractivity contribution in [2.75, 3.05) is 12.0 Å². The normalized spacial score (nSPS) is 18.1. The molecular formula is C26H29N5O3. The molecule has 0 bridgehead atoms. The van der Waals surface area contributed by atoms with Crippen molar-refractivity contribution in [2.24, 2.45) is 0 Å². The number of fused-ring (bicyclic) bond motifs is 1. The SMILES string of the molecule is CCc1nc(Cn2c(-c3ccc(N4[C@@H](C)CC[C@@H]4C)nc3)nc3cc(C(=O)OC)ccc32)co1. The second kappa shape index (κ2) is 8.93. The van der Waals surface area contributed by atoms with E-state index in [1.54, 1.807) is 18.4 Å². The Morgan fingerprint density at radius 3 is 2.59 bits per heavy atom. The fourth-order valence-electron chi connectivity index (χ4n) is 4.82. The summed E-state index contributed by atoms with van der Waals surface area (Å²) in [5.74, 6) is 2.07. The summed E-state index contributed by atoms with van der Waals surface area (Å²) < 4.78 is 12.5. The van der Waals surface area contributed by atoms with E-state index in [2.05, 4.69) is 40.4 Å². The molecule has 3 aromatic heterocycles. The van der Waals surface area contributed by atoms with Gasteiger partial charge in [0.2, 0.25) is 0 Å². The van der Waals surface area contributed by atoms with Gasteiger partial charge in [0.05, 0.1) is 35.9 Å². The number of esters is 1. The van der Waals surface area contributed by atoms with Crippen molar-refractivity contribution in [1.82, 2.24) is 19.5 Å². The van der Waals surface area contributed by atoms with E-state index in [1.165, 1.54) is 20.0 Å². The van der Waals surface area contributed by atoms with Crippen LogP contribution in [0.25, 0.3) is 22.4 Å². The first kappa shape index (κ1) is 22.1. The van der Waals surface area contributed by atoms with Gasteiger partial charge in [0, 0.05) is 30.3 Å². The van der Waals surface area contributed by atoms with Crippen molar-refractivity contribution in [3.8, 4) is 11.4 Å². The number of oxazole rings is 1. The zero-order valence-corrected chi connectivity index (χ0v) is 20.0. The maximum Gasteiger partial charge on any atom is 0.337 e. The third-order valence-electron chi connectivity index (χ3n) is 6.61. The van der Waals surface area contributed by atoms with Crippen LogP contribution in [-0.4, -0.2) is 44.7 Å². The molecule has 5 rings (SSSR count). The highest BCUT2D eigenvalue weighted by Gasteiger charge is 2.28. The summed E-state index contributed by atoms with van der Waals surface area (Å²) in [5.41, 5.74) is 3.79. The van der Waals surface area contributed by atoms with E-state index in [0.29, 0.717) is 35.6 Å². The number of ether oxygens (including phenoxy) is 1. The molecule has 4 aromatic rings. The Hall–Kier alpha value is -3.68. The lowest BCUT2D eigenvalue weighted by atomic mass is 10.2. The molecule has 0 saturated carbocycles. The smallest absolute Gasteiger partial charge is 0.337 e. The molecule has 1 aromatic carbocycles. The third-order valence-corrected chi connectivity index (χ3v) is 6.61. The zero-order valence-electron chi connectivity index (χ0n) is 20.0. The maximum atomic E-state index is 12.1. The third kappa shape index (κ3) is 3.93. The largest absolute Gasteiger partial charge is 0.465 e. The van der Waals surface area contributed by atoms with Gasteiger partial charge in [0.25, 0.3) is 0 Å². The quantitative estimate of drug-likeness (QED) is 0.381. The van der Waals surface area contributed by atoms with E-state index in [9.17, 15) is 4.79 Å². The molecule has 1 aliphatic rings. The molecule has 8 nitrogen and oxygen atoms in total. The minimum atomic E-state index is -0.387. The summed E-state index contributed by atoms with van der Waals surface area (Å²) in [5, 5.41) is 0. The lowest BCUT2D eigenvalue weighted by Gasteiger charge is -2.27. The van der Waals surface area contributed by atoms with Gasteiger partial charge in [0.15, 0.2) is 5.89 Å². The Balaban J connectivity index is 1.57. The Morgan fingerprint density at radius 1 is 1.15 bits per heavy atom. The molecule has 0 amide bonds. The number of imidazole rings is 1. The lowest BCUT2D eigenvalue weighted by Crippen LogP contribution is -2.33. The van der Waals surface area contributed by atoms with E-state index in [1.807, 2.05) is 19.2 Å². The van der Waals surface area contributed by atoms with E-state index in [-0.39, 0.29) is 5.97 Å². The van der Waals surface area contributed by atoms with Crippen LogP contribution in [0.2, 0.25) is 0 Å². The minimum Gasteiger partial charge on any atom is -0.465 e.